The normalized spacial score (nSPS) is 12.1. The maximum atomic E-state index is 12.1. The van der Waals surface area contributed by atoms with Crippen LogP contribution in [0.4, 0.5) is 0 Å². The quantitative estimate of drug-likeness (QED) is 0.441. The Morgan fingerprint density at radius 2 is 1.87 bits per heavy atom. The van der Waals surface area contributed by atoms with Crippen LogP contribution < -0.4 is 16.0 Å². The molecule has 0 aliphatic rings. The third kappa shape index (κ3) is 4.37. The second-order valence-electron chi connectivity index (χ2n) is 6.43. The minimum atomic E-state index is -0.801. The average Bonchev–Trinajstić information content (AvgIpc) is 3.24. The van der Waals surface area contributed by atoms with Crippen molar-refractivity contribution < 1.29 is 18.7 Å². The fourth-order valence-electron chi connectivity index (χ4n) is 2.62. The van der Waals surface area contributed by atoms with Crippen LogP contribution in [0.1, 0.15) is 24.5 Å². The number of aromatic nitrogens is 4. The molecule has 0 fully saturated rings. The molecule has 3 aromatic rings. The van der Waals surface area contributed by atoms with E-state index < -0.39 is 23.3 Å². The summed E-state index contributed by atoms with van der Waals surface area (Å²) in [5.74, 6) is 0.392. The monoisotopic (exact) mass is 412 g/mol. The van der Waals surface area contributed by atoms with E-state index in [1.807, 2.05) is 0 Å². The number of hydrogen-bond donors (Lipinski definition) is 0. The molecule has 2 aromatic heterocycles. The zero-order chi connectivity index (χ0) is 21.8. The van der Waals surface area contributed by atoms with Gasteiger partial charge < -0.3 is 18.5 Å². The van der Waals surface area contributed by atoms with Crippen molar-refractivity contribution in [2.24, 2.45) is 14.1 Å². The Bertz CT molecular complexity index is 1200. The first kappa shape index (κ1) is 20.8. The topological polar surface area (TPSA) is 118 Å². The maximum absolute atomic E-state index is 12.1. The van der Waals surface area contributed by atoms with E-state index in [0.29, 0.717) is 11.3 Å². The fourth-order valence-corrected chi connectivity index (χ4v) is 2.62. The zero-order valence-corrected chi connectivity index (χ0v) is 16.9. The van der Waals surface area contributed by atoms with E-state index in [4.69, 9.17) is 13.9 Å². The molecule has 0 saturated heterocycles. The predicted molar refractivity (Wildman–Crippen MR) is 107 cm³/mol. The Kier molecular flexibility index (Phi) is 5.95. The molecule has 0 aliphatic carbocycles. The molecule has 0 aliphatic heterocycles. The molecule has 3 rings (SSSR count). The molecule has 0 radical (unpaired) electrons. The van der Waals surface area contributed by atoms with Gasteiger partial charge in [0.1, 0.15) is 5.75 Å². The Morgan fingerprint density at radius 3 is 2.53 bits per heavy atom. The third-order valence-electron chi connectivity index (χ3n) is 4.29. The molecular weight excluding hydrogens is 392 g/mol. The Hall–Kier alpha value is -3.95. The average molecular weight is 412 g/mol. The molecule has 0 amide bonds. The van der Waals surface area contributed by atoms with Crippen molar-refractivity contribution in [1.29, 1.82) is 0 Å². The van der Waals surface area contributed by atoms with Crippen molar-refractivity contribution in [2.45, 2.75) is 13.0 Å². The lowest BCUT2D eigenvalue weighted by molar-refractivity contribution is -0.143. The Labute approximate surface area is 171 Å². The second-order valence-corrected chi connectivity index (χ2v) is 6.43. The number of benzene rings is 1. The minimum absolute atomic E-state index is 0.126. The highest BCUT2D eigenvalue weighted by molar-refractivity contribution is 5.87. The number of hydrogen-bond acceptors (Lipinski definition) is 8. The summed E-state index contributed by atoms with van der Waals surface area (Å²) in [4.78, 5) is 35.9. The zero-order valence-electron chi connectivity index (χ0n) is 16.9. The molecule has 0 saturated carbocycles. The summed E-state index contributed by atoms with van der Waals surface area (Å²) >= 11 is 0. The number of methoxy groups -OCH3 is 1. The van der Waals surface area contributed by atoms with Gasteiger partial charge in [0.2, 0.25) is 5.89 Å². The van der Waals surface area contributed by atoms with Gasteiger partial charge in [-0.05, 0) is 37.3 Å². The van der Waals surface area contributed by atoms with Gasteiger partial charge in [0.15, 0.2) is 6.10 Å². The van der Waals surface area contributed by atoms with Gasteiger partial charge in [-0.3, -0.25) is 9.36 Å². The van der Waals surface area contributed by atoms with Crippen LogP contribution in [0.25, 0.3) is 17.5 Å². The van der Waals surface area contributed by atoms with E-state index in [1.54, 1.807) is 38.3 Å². The molecule has 0 N–H and O–H groups in total. The third-order valence-corrected chi connectivity index (χ3v) is 4.29. The van der Waals surface area contributed by atoms with E-state index in [1.165, 1.54) is 30.9 Å². The molecule has 1 aromatic carbocycles. The van der Waals surface area contributed by atoms with Crippen LogP contribution in [-0.2, 0) is 23.6 Å². The number of carbonyl (C=O) groups excluding carboxylic acids is 1. The maximum Gasteiger partial charge on any atom is 0.331 e. The van der Waals surface area contributed by atoms with Gasteiger partial charge in [-0.2, -0.15) is 0 Å². The van der Waals surface area contributed by atoms with E-state index in [0.717, 1.165) is 10.6 Å². The standard InChI is InChI=1S/C20H20N4O6/c1-12(17-21-22-18(30-17)13-5-8-15(28-4)9-6-13)29-16(25)10-7-14-11-23(2)20(27)24(3)19(14)26/h5-12H,1-4H3/b10-7+. The lowest BCUT2D eigenvalue weighted by Gasteiger charge is -2.07. The molecule has 2 heterocycles. The van der Waals surface area contributed by atoms with Crippen LogP contribution in [-0.4, -0.2) is 32.4 Å². The van der Waals surface area contributed by atoms with E-state index in [2.05, 4.69) is 10.2 Å². The molecule has 1 atom stereocenters. The van der Waals surface area contributed by atoms with Crippen LogP contribution in [0.5, 0.6) is 5.75 Å². The smallest absolute Gasteiger partial charge is 0.331 e. The summed E-state index contributed by atoms with van der Waals surface area (Å²) in [6.45, 7) is 1.59. The van der Waals surface area contributed by atoms with Crippen molar-refractivity contribution in [3.05, 3.63) is 68.8 Å². The van der Waals surface area contributed by atoms with Crippen molar-refractivity contribution in [1.82, 2.24) is 19.3 Å². The summed E-state index contributed by atoms with van der Waals surface area (Å²) in [6.07, 6.45) is 2.92. The van der Waals surface area contributed by atoms with Crippen molar-refractivity contribution in [2.75, 3.05) is 7.11 Å². The number of rotatable bonds is 6. The first-order valence-electron chi connectivity index (χ1n) is 8.93. The van der Waals surface area contributed by atoms with Crippen molar-refractivity contribution >= 4 is 12.0 Å². The lowest BCUT2D eigenvalue weighted by Crippen LogP contribution is -2.37. The van der Waals surface area contributed by atoms with Crippen molar-refractivity contribution in [3.63, 3.8) is 0 Å². The van der Waals surface area contributed by atoms with Gasteiger partial charge in [0.25, 0.3) is 11.4 Å². The molecule has 10 heteroatoms. The SMILES string of the molecule is COc1ccc(-c2nnc(C(C)OC(=O)/C=C/c3cn(C)c(=O)n(C)c3=O)o2)cc1. The fraction of sp³-hybridized carbons (Fsp3) is 0.250. The van der Waals surface area contributed by atoms with Crippen LogP contribution in [0.15, 0.2) is 50.5 Å². The van der Waals surface area contributed by atoms with Gasteiger partial charge in [-0.15, -0.1) is 10.2 Å². The Balaban J connectivity index is 1.69. The summed E-state index contributed by atoms with van der Waals surface area (Å²) in [5, 5.41) is 7.87. The van der Waals surface area contributed by atoms with Gasteiger partial charge in [0, 0.05) is 31.9 Å². The van der Waals surface area contributed by atoms with E-state index in [-0.39, 0.29) is 17.3 Å². The summed E-state index contributed by atoms with van der Waals surface area (Å²) in [6, 6.07) is 7.06. The van der Waals surface area contributed by atoms with Gasteiger partial charge in [-0.1, -0.05) is 0 Å². The van der Waals surface area contributed by atoms with Crippen LogP contribution in [0.3, 0.4) is 0 Å². The number of esters is 1. The number of aryl methyl sites for hydroxylation is 1. The number of nitrogens with zero attached hydrogens (tertiary/aromatic N) is 4. The van der Waals surface area contributed by atoms with Gasteiger partial charge in [-0.25, -0.2) is 9.59 Å². The summed E-state index contributed by atoms with van der Waals surface area (Å²) in [5.41, 5.74) is -0.115. The molecule has 0 bridgehead atoms. The minimum Gasteiger partial charge on any atom is -0.497 e. The molecular formula is C20H20N4O6. The molecule has 0 spiro atoms. The van der Waals surface area contributed by atoms with Crippen molar-refractivity contribution in [3.8, 4) is 17.2 Å². The van der Waals surface area contributed by atoms with Crippen LogP contribution in [0.2, 0.25) is 0 Å². The largest absolute Gasteiger partial charge is 0.497 e. The summed E-state index contributed by atoms with van der Waals surface area (Å²) in [7, 11) is 4.44. The number of carbonyl (C=O) groups is 1. The first-order chi connectivity index (χ1) is 14.3. The lowest BCUT2D eigenvalue weighted by atomic mass is 10.2. The molecule has 30 heavy (non-hydrogen) atoms. The molecule has 1 unspecified atom stereocenters. The van der Waals surface area contributed by atoms with Crippen LogP contribution >= 0.6 is 0 Å². The molecule has 156 valence electrons. The van der Waals surface area contributed by atoms with Gasteiger partial charge >= 0.3 is 11.7 Å². The Morgan fingerprint density at radius 1 is 1.17 bits per heavy atom. The molecule has 10 nitrogen and oxygen atoms in total. The van der Waals surface area contributed by atoms with E-state index >= 15 is 0 Å². The highest BCUT2D eigenvalue weighted by Gasteiger charge is 2.18. The number of ether oxygens (including phenoxy) is 2. The first-order valence-corrected chi connectivity index (χ1v) is 8.93. The predicted octanol–water partition coefficient (Wildman–Crippen LogP) is 1.46. The second kappa shape index (κ2) is 8.60. The van der Waals surface area contributed by atoms with Crippen LogP contribution in [0, 0.1) is 0 Å². The van der Waals surface area contributed by atoms with Gasteiger partial charge in [0.05, 0.1) is 12.7 Å². The highest BCUT2D eigenvalue weighted by Crippen LogP contribution is 2.24. The highest BCUT2D eigenvalue weighted by atomic mass is 16.6. The van der Waals surface area contributed by atoms with E-state index in [9.17, 15) is 14.4 Å². The summed E-state index contributed by atoms with van der Waals surface area (Å²) < 4.78 is 18.1.